The van der Waals surface area contributed by atoms with Crippen molar-refractivity contribution in [2.45, 2.75) is 26.2 Å². The normalized spacial score (nSPS) is 10.5. The van der Waals surface area contributed by atoms with Crippen LogP contribution in [-0.2, 0) is 6.42 Å². The minimum atomic E-state index is 0.138. The Hall–Kier alpha value is -1.13. The number of hydrogen-bond acceptors (Lipinski definition) is 3. The molecule has 1 aromatic heterocycles. The Bertz CT molecular complexity index is 560. The molecule has 2 aromatic rings. The highest BCUT2D eigenvalue weighted by molar-refractivity contribution is 9.10. The number of halogens is 1. The van der Waals surface area contributed by atoms with Crippen molar-refractivity contribution < 1.29 is 9.53 Å². The predicted octanol–water partition coefficient (Wildman–Crippen LogP) is 5.11. The second-order valence-corrected chi connectivity index (χ2v) is 6.47. The molecule has 0 N–H and O–H groups in total. The number of Topliss-reactive ketones (excluding diaryl/α,β-unsaturated/α-hetero) is 1. The number of benzene rings is 1. The van der Waals surface area contributed by atoms with E-state index >= 15 is 0 Å². The van der Waals surface area contributed by atoms with Gasteiger partial charge in [0.05, 0.1) is 6.61 Å². The van der Waals surface area contributed by atoms with Gasteiger partial charge in [0.2, 0.25) is 0 Å². The number of unbranched alkanes of at least 4 members (excludes halogenated alkanes) is 1. The molecule has 2 rings (SSSR count). The first-order valence-corrected chi connectivity index (χ1v) is 8.35. The molecule has 0 aliphatic carbocycles. The molecule has 0 aliphatic rings. The lowest BCUT2D eigenvalue weighted by Crippen LogP contribution is -2.02. The second kappa shape index (κ2) is 7.60. The quantitative estimate of drug-likeness (QED) is 0.510. The number of carbonyl (C=O) groups excluding carboxylic acids is 1. The van der Waals surface area contributed by atoms with Gasteiger partial charge in [0.25, 0.3) is 0 Å². The Balaban J connectivity index is 1.93. The largest absolute Gasteiger partial charge is 0.494 e. The van der Waals surface area contributed by atoms with Crippen molar-refractivity contribution in [2.24, 2.45) is 0 Å². The van der Waals surface area contributed by atoms with Gasteiger partial charge in [-0.3, -0.25) is 4.79 Å². The zero-order chi connectivity index (χ0) is 14.4. The van der Waals surface area contributed by atoms with Crippen LogP contribution in [0.25, 0.3) is 0 Å². The third-order valence-corrected chi connectivity index (χ3v) is 4.60. The minimum Gasteiger partial charge on any atom is -0.494 e. The summed E-state index contributed by atoms with van der Waals surface area (Å²) in [5.41, 5.74) is 0.734. The number of ether oxygens (including phenoxy) is 1. The van der Waals surface area contributed by atoms with E-state index in [1.54, 1.807) is 11.3 Å². The first-order chi connectivity index (χ1) is 9.69. The van der Waals surface area contributed by atoms with Crippen LogP contribution >= 0.6 is 27.3 Å². The van der Waals surface area contributed by atoms with Crippen molar-refractivity contribution in [3.63, 3.8) is 0 Å². The third kappa shape index (κ3) is 4.46. The van der Waals surface area contributed by atoms with Crippen molar-refractivity contribution in [1.82, 2.24) is 0 Å². The molecule has 1 heterocycles. The molecule has 20 heavy (non-hydrogen) atoms. The zero-order valence-corrected chi connectivity index (χ0v) is 13.8. The van der Waals surface area contributed by atoms with Crippen LogP contribution in [0.4, 0.5) is 0 Å². The van der Waals surface area contributed by atoms with Crippen molar-refractivity contribution in [3.8, 4) is 5.75 Å². The fourth-order valence-corrected chi connectivity index (χ4v) is 3.23. The van der Waals surface area contributed by atoms with E-state index in [1.165, 1.54) is 0 Å². The summed E-state index contributed by atoms with van der Waals surface area (Å²) in [4.78, 5) is 13.2. The van der Waals surface area contributed by atoms with Crippen LogP contribution in [0.1, 0.15) is 35.0 Å². The Morgan fingerprint density at radius 1 is 1.30 bits per heavy atom. The summed E-state index contributed by atoms with van der Waals surface area (Å²) in [6.07, 6.45) is 2.62. The van der Waals surface area contributed by atoms with Gasteiger partial charge in [-0.15, -0.1) is 11.3 Å². The molecule has 4 heteroatoms. The molecule has 106 valence electrons. The van der Waals surface area contributed by atoms with Gasteiger partial charge in [-0.05, 0) is 52.7 Å². The van der Waals surface area contributed by atoms with Gasteiger partial charge in [0.1, 0.15) is 5.75 Å². The average molecular weight is 353 g/mol. The second-order valence-electron chi connectivity index (χ2n) is 4.56. The lowest BCUT2D eigenvalue weighted by Gasteiger charge is -2.06. The first kappa shape index (κ1) is 15.3. The van der Waals surface area contributed by atoms with E-state index in [4.69, 9.17) is 4.74 Å². The summed E-state index contributed by atoms with van der Waals surface area (Å²) >= 11 is 5.00. The Kier molecular flexibility index (Phi) is 5.80. The smallest absolute Gasteiger partial charge is 0.168 e. The number of ketones is 1. The summed E-state index contributed by atoms with van der Waals surface area (Å²) in [5.74, 6) is 0.966. The Morgan fingerprint density at radius 2 is 2.05 bits per heavy atom. The molecule has 0 bridgehead atoms. The van der Waals surface area contributed by atoms with Crippen molar-refractivity contribution in [1.29, 1.82) is 0 Å². The Morgan fingerprint density at radius 3 is 2.65 bits per heavy atom. The Labute approximate surface area is 131 Å². The van der Waals surface area contributed by atoms with Gasteiger partial charge >= 0.3 is 0 Å². The minimum absolute atomic E-state index is 0.138. The van der Waals surface area contributed by atoms with Crippen LogP contribution in [-0.4, -0.2) is 12.4 Å². The van der Waals surface area contributed by atoms with Gasteiger partial charge < -0.3 is 4.74 Å². The van der Waals surface area contributed by atoms with Crippen LogP contribution in [0.2, 0.25) is 0 Å². The average Bonchev–Trinajstić information content (AvgIpc) is 2.85. The number of hydrogen-bond donors (Lipinski definition) is 0. The molecule has 0 atom stereocenters. The molecule has 0 radical (unpaired) electrons. The molecule has 0 unspecified atom stereocenters. The lowest BCUT2D eigenvalue weighted by atomic mass is 10.1. The van der Waals surface area contributed by atoms with Crippen molar-refractivity contribution in [2.75, 3.05) is 6.61 Å². The van der Waals surface area contributed by atoms with E-state index in [9.17, 15) is 4.79 Å². The maximum Gasteiger partial charge on any atom is 0.168 e. The number of carbonyl (C=O) groups is 1. The fourth-order valence-electron chi connectivity index (χ4n) is 1.78. The van der Waals surface area contributed by atoms with E-state index in [-0.39, 0.29) is 5.78 Å². The predicted molar refractivity (Wildman–Crippen MR) is 86.9 cm³/mol. The molecule has 0 saturated heterocycles. The SMILES string of the molecule is CCCCOc1ccc(C(=O)Cc2cc(Br)cs2)cc1. The molecule has 2 nitrogen and oxygen atoms in total. The van der Waals surface area contributed by atoms with E-state index in [0.717, 1.165) is 40.1 Å². The van der Waals surface area contributed by atoms with Crippen molar-refractivity contribution in [3.05, 3.63) is 50.6 Å². The van der Waals surface area contributed by atoms with Crippen LogP contribution in [0.3, 0.4) is 0 Å². The van der Waals surface area contributed by atoms with E-state index in [1.807, 2.05) is 35.7 Å². The maximum atomic E-state index is 12.1. The van der Waals surface area contributed by atoms with Crippen LogP contribution in [0.5, 0.6) is 5.75 Å². The van der Waals surface area contributed by atoms with Crippen LogP contribution < -0.4 is 4.74 Å². The van der Waals surface area contributed by atoms with Gasteiger partial charge in [-0.2, -0.15) is 0 Å². The van der Waals surface area contributed by atoms with Crippen LogP contribution in [0, 0.1) is 0 Å². The molecular weight excluding hydrogens is 336 g/mol. The number of thiophene rings is 1. The number of rotatable bonds is 7. The van der Waals surface area contributed by atoms with E-state index < -0.39 is 0 Å². The molecule has 1 aromatic carbocycles. The van der Waals surface area contributed by atoms with Crippen LogP contribution in [0.15, 0.2) is 40.2 Å². The highest BCUT2D eigenvalue weighted by Gasteiger charge is 2.09. The topological polar surface area (TPSA) is 26.3 Å². The summed E-state index contributed by atoms with van der Waals surface area (Å²) in [7, 11) is 0. The fraction of sp³-hybridized carbons (Fsp3) is 0.312. The summed E-state index contributed by atoms with van der Waals surface area (Å²) in [5, 5.41) is 1.99. The third-order valence-electron chi connectivity index (χ3n) is 2.90. The van der Waals surface area contributed by atoms with Gasteiger partial charge in [-0.1, -0.05) is 13.3 Å². The molecule has 0 aliphatic heterocycles. The molecular formula is C16H17BrO2S. The van der Waals surface area contributed by atoms with Gasteiger partial charge in [-0.25, -0.2) is 0 Å². The molecule has 0 spiro atoms. The maximum absolute atomic E-state index is 12.1. The monoisotopic (exact) mass is 352 g/mol. The zero-order valence-electron chi connectivity index (χ0n) is 11.4. The standard InChI is InChI=1S/C16H17BrO2S/c1-2-3-8-19-14-6-4-12(5-7-14)16(18)10-15-9-13(17)11-20-15/h4-7,9,11H,2-3,8,10H2,1H3. The molecule has 0 amide bonds. The summed E-state index contributed by atoms with van der Waals surface area (Å²) in [6, 6.07) is 9.41. The van der Waals surface area contributed by atoms with Gasteiger partial charge in [0.15, 0.2) is 5.78 Å². The van der Waals surface area contributed by atoms with E-state index in [2.05, 4.69) is 22.9 Å². The first-order valence-electron chi connectivity index (χ1n) is 6.68. The molecule has 0 saturated carbocycles. The highest BCUT2D eigenvalue weighted by atomic mass is 79.9. The van der Waals surface area contributed by atoms with Crippen molar-refractivity contribution >= 4 is 33.0 Å². The van der Waals surface area contributed by atoms with E-state index in [0.29, 0.717) is 6.42 Å². The van der Waals surface area contributed by atoms with Gasteiger partial charge in [0, 0.05) is 26.7 Å². The summed E-state index contributed by atoms with van der Waals surface area (Å²) < 4.78 is 6.62. The highest BCUT2D eigenvalue weighted by Crippen LogP contribution is 2.22. The molecule has 0 fully saturated rings. The summed E-state index contributed by atoms with van der Waals surface area (Å²) in [6.45, 7) is 2.86. The lowest BCUT2D eigenvalue weighted by molar-refractivity contribution is 0.0994.